The summed E-state index contributed by atoms with van der Waals surface area (Å²) in [5.74, 6) is -0.604. The largest absolute Gasteiger partial charge is 0.354 e. The van der Waals surface area contributed by atoms with Crippen LogP contribution in [0.15, 0.2) is 29.6 Å². The zero-order chi connectivity index (χ0) is 20.2. The number of para-hydroxylation sites is 1. The highest BCUT2D eigenvalue weighted by atomic mass is 32.1. The van der Waals surface area contributed by atoms with Crippen LogP contribution in [0.5, 0.6) is 0 Å². The molecule has 3 N–H and O–H groups in total. The van der Waals surface area contributed by atoms with Crippen molar-refractivity contribution in [2.75, 3.05) is 24.5 Å². The molecule has 1 aliphatic rings. The van der Waals surface area contributed by atoms with Crippen molar-refractivity contribution in [1.82, 2.24) is 25.8 Å². The lowest BCUT2D eigenvalue weighted by Crippen LogP contribution is -2.45. The van der Waals surface area contributed by atoms with Gasteiger partial charge in [0.25, 0.3) is 5.91 Å². The molecule has 2 aromatic heterocycles. The minimum Gasteiger partial charge on any atom is -0.354 e. The number of anilines is 1. The number of benzene rings is 1. The van der Waals surface area contributed by atoms with Crippen LogP contribution in [-0.2, 0) is 11.2 Å². The number of nitrogens with one attached hydrogen (secondary N) is 3. The topological polar surface area (TPSA) is 103 Å². The van der Waals surface area contributed by atoms with E-state index in [4.69, 9.17) is 0 Å². The quantitative estimate of drug-likeness (QED) is 0.551. The Balaban J connectivity index is 1.25. The minimum absolute atomic E-state index is 0.229. The van der Waals surface area contributed by atoms with Gasteiger partial charge in [-0.05, 0) is 25.8 Å². The second-order valence-electron chi connectivity index (χ2n) is 7.17. The number of H-pyrrole nitrogens is 1. The van der Waals surface area contributed by atoms with Crippen molar-refractivity contribution in [2.45, 2.75) is 32.2 Å². The first-order valence-corrected chi connectivity index (χ1v) is 10.7. The maximum atomic E-state index is 12.5. The Labute approximate surface area is 172 Å². The summed E-state index contributed by atoms with van der Waals surface area (Å²) in [5, 5.41) is 16.3. The summed E-state index contributed by atoms with van der Waals surface area (Å²) in [6.45, 7) is 4.29. The van der Waals surface area contributed by atoms with Crippen molar-refractivity contribution in [3.63, 3.8) is 0 Å². The molecule has 4 rings (SSSR count). The van der Waals surface area contributed by atoms with E-state index in [1.54, 1.807) is 18.3 Å². The number of hydrogen-bond donors (Lipinski definition) is 3. The number of carbonyl (C=O) groups excluding carboxylic acids is 2. The van der Waals surface area contributed by atoms with Gasteiger partial charge in [0.15, 0.2) is 10.8 Å². The van der Waals surface area contributed by atoms with Gasteiger partial charge in [0, 0.05) is 36.8 Å². The molecule has 1 atom stereocenters. The average molecular weight is 413 g/mol. The van der Waals surface area contributed by atoms with Crippen LogP contribution < -0.4 is 15.5 Å². The van der Waals surface area contributed by atoms with E-state index in [9.17, 15) is 9.59 Å². The van der Waals surface area contributed by atoms with E-state index in [0.29, 0.717) is 13.0 Å². The summed E-state index contributed by atoms with van der Waals surface area (Å²) in [6.07, 6.45) is 3.12. The van der Waals surface area contributed by atoms with E-state index in [1.165, 1.54) is 12.8 Å². The first-order valence-electron chi connectivity index (χ1n) is 9.83. The molecule has 1 saturated heterocycles. The van der Waals surface area contributed by atoms with Crippen molar-refractivity contribution in [2.24, 2.45) is 0 Å². The van der Waals surface area contributed by atoms with Crippen molar-refractivity contribution in [3.8, 4) is 0 Å². The molecule has 29 heavy (non-hydrogen) atoms. The predicted octanol–water partition coefficient (Wildman–Crippen LogP) is 2.10. The Morgan fingerprint density at radius 2 is 2.07 bits per heavy atom. The molecule has 3 aromatic rings. The highest BCUT2D eigenvalue weighted by Gasteiger charge is 2.20. The molecule has 3 heterocycles. The first kappa shape index (κ1) is 19.4. The van der Waals surface area contributed by atoms with Crippen LogP contribution in [0.2, 0.25) is 0 Å². The molecule has 1 unspecified atom stereocenters. The van der Waals surface area contributed by atoms with Crippen molar-refractivity contribution in [1.29, 1.82) is 0 Å². The molecule has 9 heteroatoms. The Morgan fingerprint density at radius 1 is 1.28 bits per heavy atom. The van der Waals surface area contributed by atoms with Crippen LogP contribution in [0.1, 0.15) is 35.9 Å². The van der Waals surface area contributed by atoms with Gasteiger partial charge < -0.3 is 15.5 Å². The number of thiazole rings is 1. The fraction of sp³-hybridized carbons (Fsp3) is 0.400. The van der Waals surface area contributed by atoms with Crippen LogP contribution in [-0.4, -0.2) is 52.7 Å². The number of nitrogens with zero attached hydrogens (tertiary/aromatic N) is 3. The zero-order valence-electron chi connectivity index (χ0n) is 16.3. The molecule has 152 valence electrons. The van der Waals surface area contributed by atoms with Gasteiger partial charge in [-0.1, -0.05) is 18.2 Å². The highest BCUT2D eigenvalue weighted by Crippen LogP contribution is 2.24. The number of rotatable bonds is 7. The average Bonchev–Trinajstić information content (AvgIpc) is 3.47. The van der Waals surface area contributed by atoms with E-state index >= 15 is 0 Å². The zero-order valence-corrected chi connectivity index (χ0v) is 17.1. The van der Waals surface area contributed by atoms with E-state index in [1.807, 2.05) is 29.6 Å². The van der Waals surface area contributed by atoms with E-state index in [0.717, 1.165) is 34.8 Å². The summed E-state index contributed by atoms with van der Waals surface area (Å²) in [6, 6.07) is 6.73. The Bertz CT molecular complexity index is 1010. The van der Waals surface area contributed by atoms with Crippen LogP contribution in [0, 0.1) is 0 Å². The number of hydrogen-bond acceptors (Lipinski definition) is 6. The summed E-state index contributed by atoms with van der Waals surface area (Å²) in [7, 11) is 0. The monoisotopic (exact) mass is 412 g/mol. The van der Waals surface area contributed by atoms with Gasteiger partial charge in [-0.25, -0.2) is 4.98 Å². The maximum absolute atomic E-state index is 12.5. The Hall–Kier alpha value is -2.94. The molecule has 2 amide bonds. The summed E-state index contributed by atoms with van der Waals surface area (Å²) < 4.78 is 0. The van der Waals surface area contributed by atoms with Crippen LogP contribution in [0.25, 0.3) is 10.9 Å². The van der Waals surface area contributed by atoms with Crippen LogP contribution >= 0.6 is 11.3 Å². The van der Waals surface area contributed by atoms with E-state index in [2.05, 4.69) is 30.7 Å². The number of carbonyl (C=O) groups is 2. The normalized spacial score (nSPS) is 14.9. The number of fused-ring (bicyclic) bond motifs is 1. The standard InChI is InChI=1S/C20H24N6O2S/c1-13(22-19(28)17-15-6-2-3-7-16(15)24-25-17)18(27)21-9-8-14-12-29-20(23-14)26-10-4-5-11-26/h2-3,6-7,12-13H,4-5,8-11H2,1H3,(H,21,27)(H,22,28)(H,24,25). The van der Waals surface area contributed by atoms with Gasteiger partial charge in [-0.2, -0.15) is 5.10 Å². The van der Waals surface area contributed by atoms with E-state index in [-0.39, 0.29) is 17.5 Å². The minimum atomic E-state index is -0.659. The lowest BCUT2D eigenvalue weighted by molar-refractivity contribution is -0.122. The number of amides is 2. The van der Waals surface area contributed by atoms with Crippen LogP contribution in [0.4, 0.5) is 5.13 Å². The van der Waals surface area contributed by atoms with Gasteiger partial charge in [0.1, 0.15) is 6.04 Å². The van der Waals surface area contributed by atoms with Gasteiger partial charge in [-0.15, -0.1) is 11.3 Å². The SMILES string of the molecule is CC(NC(=O)c1n[nH]c2ccccc12)C(=O)NCCc1csc(N2CCCC2)n1. The third-order valence-corrected chi connectivity index (χ3v) is 5.97. The second kappa shape index (κ2) is 8.60. The molecule has 1 aromatic carbocycles. The molecule has 0 bridgehead atoms. The molecule has 1 aliphatic heterocycles. The first-order chi connectivity index (χ1) is 14.1. The van der Waals surface area contributed by atoms with Crippen molar-refractivity contribution >= 4 is 39.2 Å². The summed E-state index contributed by atoms with van der Waals surface area (Å²) >= 11 is 1.65. The lowest BCUT2D eigenvalue weighted by Gasteiger charge is -2.13. The number of aromatic amines is 1. The smallest absolute Gasteiger partial charge is 0.273 e. The maximum Gasteiger partial charge on any atom is 0.273 e. The molecule has 0 saturated carbocycles. The predicted molar refractivity (Wildman–Crippen MR) is 113 cm³/mol. The fourth-order valence-electron chi connectivity index (χ4n) is 3.40. The summed E-state index contributed by atoms with van der Waals surface area (Å²) in [5.41, 5.74) is 2.06. The third-order valence-electron chi connectivity index (χ3n) is 5.02. The third kappa shape index (κ3) is 4.40. The van der Waals surface area contributed by atoms with Gasteiger partial charge in [0.2, 0.25) is 5.91 Å². The van der Waals surface area contributed by atoms with Crippen LogP contribution in [0.3, 0.4) is 0 Å². The van der Waals surface area contributed by atoms with Gasteiger partial charge in [0.05, 0.1) is 11.2 Å². The summed E-state index contributed by atoms with van der Waals surface area (Å²) in [4.78, 5) is 31.8. The van der Waals surface area contributed by atoms with Crippen molar-refractivity contribution < 1.29 is 9.59 Å². The second-order valence-corrected chi connectivity index (χ2v) is 8.01. The fourth-order valence-corrected chi connectivity index (χ4v) is 4.31. The molecule has 0 spiro atoms. The molecule has 1 fully saturated rings. The molecular formula is C20H24N6O2S. The van der Waals surface area contributed by atoms with E-state index < -0.39 is 6.04 Å². The lowest BCUT2D eigenvalue weighted by atomic mass is 10.2. The van der Waals surface area contributed by atoms with Gasteiger partial charge in [-0.3, -0.25) is 14.7 Å². The highest BCUT2D eigenvalue weighted by molar-refractivity contribution is 7.13. The molecule has 0 radical (unpaired) electrons. The molecule has 0 aliphatic carbocycles. The Morgan fingerprint density at radius 3 is 2.90 bits per heavy atom. The van der Waals surface area contributed by atoms with Crippen molar-refractivity contribution in [3.05, 3.63) is 41.0 Å². The Kier molecular flexibility index (Phi) is 5.75. The number of aromatic nitrogens is 3. The van der Waals surface area contributed by atoms with Gasteiger partial charge >= 0.3 is 0 Å². The molecular weight excluding hydrogens is 388 g/mol. The molecule has 8 nitrogen and oxygen atoms in total.